The fourth-order valence-corrected chi connectivity index (χ4v) is 4.28. The number of nitrogens with zero attached hydrogens (tertiary/aromatic N) is 1. The lowest BCUT2D eigenvalue weighted by Gasteiger charge is -2.31. The summed E-state index contributed by atoms with van der Waals surface area (Å²) in [6.45, 7) is 9.67. The van der Waals surface area contributed by atoms with E-state index in [2.05, 4.69) is 26.8 Å². The molecule has 2 atom stereocenters. The fourth-order valence-electron chi connectivity index (χ4n) is 4.01. The number of halogens is 1. The predicted molar refractivity (Wildman–Crippen MR) is 152 cm³/mol. The van der Waals surface area contributed by atoms with E-state index in [9.17, 15) is 9.59 Å². The first-order valence-electron chi connectivity index (χ1n) is 13.1. The Labute approximate surface area is 238 Å². The molecule has 2 aromatic carbocycles. The summed E-state index contributed by atoms with van der Waals surface area (Å²) in [4.78, 5) is 31.4. The average molecular weight is 605 g/mol. The second kappa shape index (κ2) is 13.4. The van der Waals surface area contributed by atoms with E-state index < -0.39 is 29.1 Å². The van der Waals surface area contributed by atoms with Gasteiger partial charge in [-0.25, -0.2) is 10.4 Å². The maximum absolute atomic E-state index is 13.8. The van der Waals surface area contributed by atoms with E-state index >= 15 is 0 Å². The molecule has 2 aromatic rings. The lowest BCUT2D eigenvalue weighted by Crippen LogP contribution is -2.54. The molecule has 0 unspecified atom stereocenters. The number of ether oxygens (including phenoxy) is 3. The zero-order valence-corrected chi connectivity index (χ0v) is 24.7. The molecule has 212 valence electrons. The van der Waals surface area contributed by atoms with Gasteiger partial charge in [-0.3, -0.25) is 15.0 Å². The van der Waals surface area contributed by atoms with E-state index in [1.807, 2.05) is 38.1 Å². The molecule has 0 bridgehead atoms. The van der Waals surface area contributed by atoms with Crippen LogP contribution >= 0.6 is 15.9 Å². The number of aliphatic imine (C=N–C) groups is 1. The van der Waals surface area contributed by atoms with Crippen LogP contribution in [0.1, 0.15) is 71.1 Å². The molecule has 0 aliphatic carbocycles. The number of benzene rings is 2. The number of hydrogen-bond donors (Lipinski definition) is 3. The Morgan fingerprint density at radius 3 is 2.38 bits per heavy atom. The van der Waals surface area contributed by atoms with E-state index in [1.54, 1.807) is 45.0 Å². The molecule has 0 fully saturated rings. The van der Waals surface area contributed by atoms with Crippen LogP contribution in [0.15, 0.2) is 58.0 Å². The molecule has 3 rings (SSSR count). The Kier molecular flexibility index (Phi) is 10.5. The third-order valence-corrected chi connectivity index (χ3v) is 6.34. The molecule has 10 heteroatoms. The summed E-state index contributed by atoms with van der Waals surface area (Å²) in [7, 11) is 0. The van der Waals surface area contributed by atoms with Gasteiger partial charge >= 0.3 is 5.97 Å². The van der Waals surface area contributed by atoms with Gasteiger partial charge in [-0.2, -0.15) is 0 Å². The van der Waals surface area contributed by atoms with E-state index in [1.165, 1.54) is 0 Å². The van der Waals surface area contributed by atoms with Crippen molar-refractivity contribution in [2.24, 2.45) is 4.99 Å². The van der Waals surface area contributed by atoms with Crippen LogP contribution in [0.3, 0.4) is 0 Å². The Morgan fingerprint density at radius 1 is 1.13 bits per heavy atom. The van der Waals surface area contributed by atoms with Crippen LogP contribution in [-0.4, -0.2) is 53.3 Å². The highest BCUT2D eigenvalue weighted by Gasteiger charge is 2.53. The van der Waals surface area contributed by atoms with Crippen LogP contribution in [0.25, 0.3) is 0 Å². The molecule has 0 radical (unpaired) electrons. The number of carbonyl (C=O) groups excluding carboxylic acids is 2. The number of hydrazine groups is 1. The average Bonchev–Trinajstić information content (AvgIpc) is 3.27. The van der Waals surface area contributed by atoms with Crippen molar-refractivity contribution in [3.63, 3.8) is 0 Å². The molecule has 1 aliphatic heterocycles. The van der Waals surface area contributed by atoms with E-state index in [0.29, 0.717) is 24.3 Å². The number of amides is 1. The van der Waals surface area contributed by atoms with Crippen molar-refractivity contribution in [2.45, 2.75) is 77.2 Å². The van der Waals surface area contributed by atoms with Crippen LogP contribution in [0.5, 0.6) is 5.75 Å². The van der Waals surface area contributed by atoms with Gasteiger partial charge in [0, 0.05) is 35.5 Å². The van der Waals surface area contributed by atoms with E-state index in [-0.39, 0.29) is 31.4 Å². The van der Waals surface area contributed by atoms with Gasteiger partial charge in [0.1, 0.15) is 11.4 Å². The third-order valence-electron chi connectivity index (χ3n) is 5.81. The molecular formula is C29H38BrN3O6. The monoisotopic (exact) mass is 603 g/mol. The quantitative estimate of drug-likeness (QED) is 0.184. The van der Waals surface area contributed by atoms with E-state index in [0.717, 1.165) is 10.0 Å². The van der Waals surface area contributed by atoms with Gasteiger partial charge in [0.05, 0.1) is 6.61 Å². The van der Waals surface area contributed by atoms with Gasteiger partial charge in [-0.15, -0.1) is 0 Å². The number of nitrogens with one attached hydrogen (secondary N) is 2. The summed E-state index contributed by atoms with van der Waals surface area (Å²) in [5.41, 5.74) is 5.04. The molecule has 0 aromatic heterocycles. The van der Waals surface area contributed by atoms with Crippen LogP contribution in [-0.2, 0) is 19.1 Å². The molecule has 0 spiro atoms. The lowest BCUT2D eigenvalue weighted by atomic mass is 9.83. The van der Waals surface area contributed by atoms with Gasteiger partial charge in [-0.1, -0.05) is 28.1 Å². The standard InChI is InChI=1S/C29H38BrN3O6/c1-19(2)32-33-27(36)29(16-15-24(35)39-28(3,4)5)25(20-7-11-22(30)12-8-20)38-26(31-29)21-9-13-23(14-10-21)37-18-6-17-34/h7-14,19,25,32,34H,6,15-18H2,1-5H3,(H,33,36)/t25-,29-/m0/s1. The summed E-state index contributed by atoms with van der Waals surface area (Å²) in [5.74, 6) is 0.0970. The topological polar surface area (TPSA) is 118 Å². The third kappa shape index (κ3) is 8.52. The van der Waals surface area contributed by atoms with Crippen molar-refractivity contribution in [3.05, 3.63) is 64.1 Å². The highest BCUT2D eigenvalue weighted by atomic mass is 79.9. The number of esters is 1. The summed E-state index contributed by atoms with van der Waals surface area (Å²) < 4.78 is 18.5. The molecule has 9 nitrogen and oxygen atoms in total. The number of hydrogen-bond acceptors (Lipinski definition) is 8. The van der Waals surface area contributed by atoms with Crippen molar-refractivity contribution in [1.82, 2.24) is 10.9 Å². The first-order valence-corrected chi connectivity index (χ1v) is 13.9. The minimum atomic E-state index is -1.45. The Balaban J connectivity index is 2.01. The van der Waals surface area contributed by atoms with Crippen molar-refractivity contribution in [3.8, 4) is 5.75 Å². The molecule has 3 N–H and O–H groups in total. The summed E-state index contributed by atoms with van der Waals surface area (Å²) in [6.07, 6.45) is -0.221. The Bertz CT molecular complexity index is 1150. The highest BCUT2D eigenvalue weighted by Crippen LogP contribution is 2.43. The molecule has 1 amide bonds. The smallest absolute Gasteiger partial charge is 0.306 e. The molecule has 39 heavy (non-hydrogen) atoms. The predicted octanol–water partition coefficient (Wildman–Crippen LogP) is 4.62. The van der Waals surface area contributed by atoms with E-state index in [4.69, 9.17) is 24.3 Å². The first-order chi connectivity index (χ1) is 18.4. The molecule has 1 aliphatic rings. The minimum Gasteiger partial charge on any atom is -0.494 e. The normalized spacial score (nSPS) is 18.9. The van der Waals surface area contributed by atoms with Crippen molar-refractivity contribution < 1.29 is 28.9 Å². The van der Waals surface area contributed by atoms with Crippen molar-refractivity contribution >= 4 is 33.7 Å². The maximum atomic E-state index is 13.8. The molecular weight excluding hydrogens is 566 g/mol. The second-order valence-electron chi connectivity index (χ2n) is 10.7. The number of rotatable bonds is 12. The molecule has 0 saturated carbocycles. The molecule has 0 saturated heterocycles. The number of carbonyl (C=O) groups is 2. The number of aliphatic hydroxyl groups excluding tert-OH is 1. The van der Waals surface area contributed by atoms with Crippen molar-refractivity contribution in [2.75, 3.05) is 13.2 Å². The van der Waals surface area contributed by atoms with Crippen LogP contribution in [0.4, 0.5) is 0 Å². The summed E-state index contributed by atoms with van der Waals surface area (Å²) in [5, 5.41) is 8.98. The summed E-state index contributed by atoms with van der Waals surface area (Å²) >= 11 is 3.46. The maximum Gasteiger partial charge on any atom is 0.306 e. The largest absolute Gasteiger partial charge is 0.494 e. The van der Waals surface area contributed by atoms with Gasteiger partial charge in [-0.05, 0) is 83.0 Å². The number of aliphatic hydroxyl groups is 1. The zero-order chi connectivity index (χ0) is 28.6. The van der Waals surface area contributed by atoms with Gasteiger partial charge < -0.3 is 19.3 Å². The van der Waals surface area contributed by atoms with Crippen LogP contribution in [0.2, 0.25) is 0 Å². The van der Waals surface area contributed by atoms with Crippen LogP contribution in [0, 0.1) is 0 Å². The van der Waals surface area contributed by atoms with Gasteiger partial charge in [0.2, 0.25) is 5.90 Å². The zero-order valence-electron chi connectivity index (χ0n) is 23.1. The SMILES string of the molecule is CC(C)NNC(=O)[C@@]1(CCC(=O)OC(C)(C)C)N=C(c2ccc(OCCCO)cc2)O[C@H]1c1ccc(Br)cc1. The molecule has 1 heterocycles. The minimum absolute atomic E-state index is 0.0212. The van der Waals surface area contributed by atoms with Gasteiger partial charge in [0.25, 0.3) is 5.91 Å². The first kappa shape index (κ1) is 30.6. The fraction of sp³-hybridized carbons (Fsp3) is 0.483. The van der Waals surface area contributed by atoms with Gasteiger partial charge in [0.15, 0.2) is 11.6 Å². The highest BCUT2D eigenvalue weighted by molar-refractivity contribution is 9.10. The Hall–Kier alpha value is -2.95. The summed E-state index contributed by atoms with van der Waals surface area (Å²) in [6, 6.07) is 14.7. The van der Waals surface area contributed by atoms with Crippen LogP contribution < -0.4 is 15.6 Å². The lowest BCUT2D eigenvalue weighted by molar-refractivity contribution is -0.155. The van der Waals surface area contributed by atoms with Crippen molar-refractivity contribution in [1.29, 1.82) is 0 Å². The second-order valence-corrected chi connectivity index (χ2v) is 11.6. The Morgan fingerprint density at radius 2 is 1.79 bits per heavy atom.